The van der Waals surface area contributed by atoms with Crippen molar-refractivity contribution in [1.82, 2.24) is 0 Å². The average Bonchev–Trinajstić information content (AvgIpc) is 3.03. The van der Waals surface area contributed by atoms with Gasteiger partial charge in [-0.2, -0.15) is 0 Å². The lowest BCUT2D eigenvalue weighted by Gasteiger charge is -2.06. The van der Waals surface area contributed by atoms with Gasteiger partial charge in [0.1, 0.15) is 4.38 Å². The highest BCUT2D eigenvalue weighted by Crippen LogP contribution is 2.35. The van der Waals surface area contributed by atoms with Crippen molar-refractivity contribution in [1.29, 1.82) is 0 Å². The number of allylic oxidation sites excluding steroid dienone is 1. The Morgan fingerprint density at radius 2 is 2.15 bits per heavy atom. The predicted molar refractivity (Wildman–Crippen MR) is 109 cm³/mol. The number of nitro groups is 1. The van der Waals surface area contributed by atoms with Crippen molar-refractivity contribution in [2.24, 2.45) is 4.99 Å². The summed E-state index contributed by atoms with van der Waals surface area (Å²) in [4.78, 5) is 14.5. The van der Waals surface area contributed by atoms with Gasteiger partial charge in [0.15, 0.2) is 11.6 Å². The van der Waals surface area contributed by atoms with Crippen molar-refractivity contribution in [3.63, 3.8) is 0 Å². The van der Waals surface area contributed by atoms with E-state index >= 15 is 0 Å². The van der Waals surface area contributed by atoms with Crippen LogP contribution in [0.25, 0.3) is 0 Å². The first-order valence-corrected chi connectivity index (χ1v) is 10.2. The van der Waals surface area contributed by atoms with E-state index < -0.39 is 0 Å². The monoisotopic (exact) mass is 398 g/mol. The van der Waals surface area contributed by atoms with Gasteiger partial charge in [-0.15, -0.1) is 0 Å². The number of hydrogen-bond donors (Lipinski definition) is 0. The molecule has 0 saturated carbocycles. The van der Waals surface area contributed by atoms with Gasteiger partial charge in [-0.3, -0.25) is 10.1 Å². The second-order valence-electron chi connectivity index (χ2n) is 4.70. The Bertz CT molecular complexity index is 678. The van der Waals surface area contributed by atoms with Crippen molar-refractivity contribution in [3.8, 4) is 5.75 Å². The van der Waals surface area contributed by atoms with Crippen LogP contribution < -0.4 is 4.74 Å². The van der Waals surface area contributed by atoms with E-state index in [0.29, 0.717) is 12.4 Å². The van der Waals surface area contributed by atoms with Crippen molar-refractivity contribution in [2.75, 3.05) is 18.9 Å². The number of thioether (sulfide) groups is 2. The van der Waals surface area contributed by atoms with E-state index in [4.69, 9.17) is 4.74 Å². The van der Waals surface area contributed by atoms with Crippen LogP contribution in [0.5, 0.6) is 5.75 Å². The molecule has 0 saturated heterocycles. The number of benzene rings is 1. The van der Waals surface area contributed by atoms with Gasteiger partial charge in [0.25, 0.3) is 0 Å². The molecule has 1 aromatic carbocycles. The van der Waals surface area contributed by atoms with Gasteiger partial charge in [0.05, 0.1) is 17.6 Å². The molecule has 1 aliphatic heterocycles. The zero-order chi connectivity index (χ0) is 19.4. The Balaban J connectivity index is 0.00000163. The summed E-state index contributed by atoms with van der Waals surface area (Å²) in [6, 6.07) is 6.30. The zero-order valence-electron chi connectivity index (χ0n) is 15.1. The number of ether oxygens (including phenoxy) is 1. The summed E-state index contributed by atoms with van der Waals surface area (Å²) in [5.74, 6) is 0.513. The fraction of sp³-hybridized carbons (Fsp3) is 0.389. The first-order valence-electron chi connectivity index (χ1n) is 8.30. The number of aliphatic imine (C=N–C) groups is 1. The maximum Gasteiger partial charge on any atom is 0.222 e. The third-order valence-electron chi connectivity index (χ3n) is 3.00. The first-order chi connectivity index (χ1) is 12.6. The van der Waals surface area contributed by atoms with Crippen molar-refractivity contribution >= 4 is 27.9 Å². The molecule has 0 bridgehead atoms. The third-order valence-corrected chi connectivity index (χ3v) is 5.30. The minimum Gasteiger partial charge on any atom is -0.490 e. The number of para-hydroxylation sites is 1. The van der Waals surface area contributed by atoms with Crippen LogP contribution in [0.2, 0.25) is 0 Å². The molecule has 1 aromatic rings. The second-order valence-corrected chi connectivity index (χ2v) is 7.17. The summed E-state index contributed by atoms with van der Waals surface area (Å²) in [5, 5.41) is 10.4. The number of halogens is 1. The molecule has 0 spiro atoms. The average molecular weight is 399 g/mol. The molecule has 0 aromatic heterocycles. The SMILES string of the molecule is C/C=C1/N=C(SCCOc2ccccc2F)SC1C=CC[N+](=O)[O-].CC. The van der Waals surface area contributed by atoms with E-state index in [9.17, 15) is 14.5 Å². The smallest absolute Gasteiger partial charge is 0.222 e. The molecular formula is C18H23FN2O3S2. The van der Waals surface area contributed by atoms with Gasteiger partial charge < -0.3 is 4.74 Å². The van der Waals surface area contributed by atoms with E-state index in [-0.39, 0.29) is 28.3 Å². The summed E-state index contributed by atoms with van der Waals surface area (Å²) in [6.45, 7) is 6.08. The molecule has 8 heteroatoms. The maximum atomic E-state index is 13.4. The van der Waals surface area contributed by atoms with Gasteiger partial charge in [0.2, 0.25) is 6.54 Å². The molecule has 0 amide bonds. The lowest BCUT2D eigenvalue weighted by Crippen LogP contribution is -2.03. The lowest BCUT2D eigenvalue weighted by atomic mass is 10.3. The third kappa shape index (κ3) is 7.61. The number of hydrogen-bond acceptors (Lipinski definition) is 6. The lowest BCUT2D eigenvalue weighted by molar-refractivity contribution is -0.468. The fourth-order valence-corrected chi connectivity index (χ4v) is 4.13. The Labute approximate surface area is 162 Å². The molecule has 0 radical (unpaired) electrons. The van der Waals surface area contributed by atoms with Crippen LogP contribution in [0, 0.1) is 15.9 Å². The minimum atomic E-state index is -0.373. The molecule has 1 heterocycles. The Hall–Kier alpha value is -1.80. The summed E-state index contributed by atoms with van der Waals surface area (Å²) in [7, 11) is 0. The van der Waals surface area contributed by atoms with Gasteiger partial charge in [-0.05, 0) is 25.1 Å². The van der Waals surface area contributed by atoms with E-state index in [2.05, 4.69) is 4.99 Å². The van der Waals surface area contributed by atoms with Crippen LogP contribution >= 0.6 is 23.5 Å². The molecule has 0 aliphatic carbocycles. The molecular weight excluding hydrogens is 375 g/mol. The van der Waals surface area contributed by atoms with Gasteiger partial charge in [0, 0.05) is 10.7 Å². The van der Waals surface area contributed by atoms with Crippen LogP contribution in [-0.2, 0) is 0 Å². The molecule has 1 unspecified atom stereocenters. The number of rotatable bonds is 7. The van der Waals surface area contributed by atoms with Crippen LogP contribution in [0.15, 0.2) is 53.2 Å². The fourth-order valence-electron chi connectivity index (χ4n) is 1.91. The Morgan fingerprint density at radius 1 is 1.42 bits per heavy atom. The van der Waals surface area contributed by atoms with Crippen LogP contribution in [0.3, 0.4) is 0 Å². The topological polar surface area (TPSA) is 64.7 Å². The highest BCUT2D eigenvalue weighted by atomic mass is 32.2. The largest absolute Gasteiger partial charge is 0.490 e. The van der Waals surface area contributed by atoms with Crippen molar-refractivity contribution in [2.45, 2.75) is 26.0 Å². The highest BCUT2D eigenvalue weighted by Gasteiger charge is 2.22. The Morgan fingerprint density at radius 3 is 2.81 bits per heavy atom. The minimum absolute atomic E-state index is 0.00457. The summed E-state index contributed by atoms with van der Waals surface area (Å²) < 4.78 is 19.7. The molecule has 2 rings (SSSR count). The normalized spacial score (nSPS) is 17.8. The van der Waals surface area contributed by atoms with E-state index in [1.165, 1.54) is 17.8 Å². The quantitative estimate of drug-likeness (QED) is 0.274. The highest BCUT2D eigenvalue weighted by molar-refractivity contribution is 8.39. The van der Waals surface area contributed by atoms with Gasteiger partial charge >= 0.3 is 0 Å². The van der Waals surface area contributed by atoms with Crippen LogP contribution in [-0.4, -0.2) is 33.5 Å². The van der Waals surface area contributed by atoms with E-state index in [0.717, 1.165) is 10.1 Å². The summed E-state index contributed by atoms with van der Waals surface area (Å²) in [5.41, 5.74) is 0.886. The summed E-state index contributed by atoms with van der Waals surface area (Å²) >= 11 is 3.08. The van der Waals surface area contributed by atoms with Crippen LogP contribution in [0.4, 0.5) is 4.39 Å². The standard InChI is InChI=1S/C16H17FN2O3S2.C2H6/c1-2-13-15(8-5-9-19(20)21)24-16(18-13)23-11-10-22-14-7-4-3-6-12(14)17;1-2/h2-8,15H,9-11H2,1H3;1-2H3/b8-5?,13-2+;. The van der Waals surface area contributed by atoms with Gasteiger partial charge in [-0.1, -0.05) is 61.7 Å². The maximum absolute atomic E-state index is 13.4. The molecule has 0 N–H and O–H groups in total. The van der Waals surface area contributed by atoms with Crippen molar-refractivity contribution < 1.29 is 14.1 Å². The predicted octanol–water partition coefficient (Wildman–Crippen LogP) is 5.17. The van der Waals surface area contributed by atoms with E-state index in [1.807, 2.05) is 26.8 Å². The number of nitrogens with zero attached hydrogens (tertiary/aromatic N) is 2. The van der Waals surface area contributed by atoms with Crippen molar-refractivity contribution in [3.05, 3.63) is 64.1 Å². The van der Waals surface area contributed by atoms with Gasteiger partial charge in [-0.25, -0.2) is 9.38 Å². The van der Waals surface area contributed by atoms with Crippen LogP contribution in [0.1, 0.15) is 20.8 Å². The zero-order valence-corrected chi connectivity index (χ0v) is 16.7. The van der Waals surface area contributed by atoms with E-state index in [1.54, 1.807) is 42.1 Å². The molecule has 1 aliphatic rings. The summed E-state index contributed by atoms with van der Waals surface area (Å²) in [6.07, 6.45) is 5.25. The molecule has 1 atom stereocenters. The molecule has 26 heavy (non-hydrogen) atoms. The second kappa shape index (κ2) is 12.5. The molecule has 5 nitrogen and oxygen atoms in total. The molecule has 142 valence electrons. The molecule has 0 fully saturated rings. The Kier molecular flexibility index (Phi) is 10.7. The first kappa shape index (κ1) is 22.2.